The van der Waals surface area contributed by atoms with Gasteiger partial charge in [-0.05, 0) is 62.3 Å². The average Bonchev–Trinajstić information content (AvgIpc) is 2.71. The van der Waals surface area contributed by atoms with Gasteiger partial charge in [0.05, 0.1) is 0 Å². The van der Waals surface area contributed by atoms with Gasteiger partial charge < -0.3 is 0 Å². The molecule has 0 aromatic carbocycles. The first-order chi connectivity index (χ1) is 18.0. The molecule has 12 nitrogen and oxygen atoms in total. The fourth-order valence-electron chi connectivity index (χ4n) is 5.13. The first-order valence-electron chi connectivity index (χ1n) is 12.0. The van der Waals surface area contributed by atoms with E-state index < -0.39 is 112 Å². The standard InChI is InChI=1S/C27H33O12P/c1-13(28)25(14(2)29,15(3)30)22(37)10-40(11-23(38)26(16(4)31,17(5)32)18(6)33)12-24(39)27(19(7)34,20(8)35)21(9)36/h10-12H2,1-9H3. The minimum Gasteiger partial charge on any atom is -0.298 e. The molecule has 0 unspecified atom stereocenters. The maximum atomic E-state index is 13.4. The van der Waals surface area contributed by atoms with Gasteiger partial charge in [-0.1, -0.05) is 7.92 Å². The first-order valence-corrected chi connectivity index (χ1v) is 13.9. The van der Waals surface area contributed by atoms with Crippen molar-refractivity contribution < 1.29 is 57.5 Å². The lowest BCUT2D eigenvalue weighted by atomic mass is 9.73. The molecule has 40 heavy (non-hydrogen) atoms. The highest BCUT2D eigenvalue weighted by Crippen LogP contribution is 2.43. The van der Waals surface area contributed by atoms with Gasteiger partial charge in [-0.3, -0.25) is 57.5 Å². The molecular weight excluding hydrogens is 547 g/mol. The highest BCUT2D eigenvalue weighted by atomic mass is 31.1. The molecule has 0 fully saturated rings. The van der Waals surface area contributed by atoms with E-state index in [1.54, 1.807) is 0 Å². The summed E-state index contributed by atoms with van der Waals surface area (Å²) < 4.78 is 0. The van der Waals surface area contributed by atoms with Crippen molar-refractivity contribution in [1.29, 1.82) is 0 Å². The number of hydrogen-bond acceptors (Lipinski definition) is 12. The van der Waals surface area contributed by atoms with Crippen LogP contribution in [-0.2, 0) is 57.5 Å². The van der Waals surface area contributed by atoms with E-state index in [4.69, 9.17) is 0 Å². The molecule has 0 saturated heterocycles. The van der Waals surface area contributed by atoms with Crippen LogP contribution in [0, 0.1) is 16.2 Å². The van der Waals surface area contributed by atoms with E-state index in [-0.39, 0.29) is 0 Å². The SMILES string of the molecule is CC(=O)C(C(C)=O)(C(C)=O)C(=O)CP(CC(=O)C(C(C)=O)(C(C)=O)C(C)=O)CC(=O)C(C(C)=O)(C(C)=O)C(C)=O. The van der Waals surface area contributed by atoms with Crippen molar-refractivity contribution in [3.8, 4) is 0 Å². The van der Waals surface area contributed by atoms with Gasteiger partial charge in [0.2, 0.25) is 16.2 Å². The summed E-state index contributed by atoms with van der Waals surface area (Å²) in [7, 11) is -2.51. The molecule has 0 aliphatic rings. The minimum atomic E-state index is -2.79. The molecule has 0 aliphatic heterocycles. The van der Waals surface area contributed by atoms with Crippen LogP contribution < -0.4 is 0 Å². The number of rotatable bonds is 18. The number of Topliss-reactive ketones (excluding diaryl/α,β-unsaturated/α-hetero) is 12. The summed E-state index contributed by atoms with van der Waals surface area (Å²) in [6.45, 7) is 7.36. The Labute approximate surface area is 232 Å². The lowest BCUT2D eigenvalue weighted by Crippen LogP contribution is -2.53. The Bertz CT molecular complexity index is 992. The van der Waals surface area contributed by atoms with E-state index in [9.17, 15) is 57.5 Å². The van der Waals surface area contributed by atoms with Crippen LogP contribution in [0.2, 0.25) is 0 Å². The third kappa shape index (κ3) is 5.96. The van der Waals surface area contributed by atoms with Crippen molar-refractivity contribution in [2.45, 2.75) is 62.3 Å². The van der Waals surface area contributed by atoms with Crippen LogP contribution >= 0.6 is 7.92 Å². The second-order valence-corrected chi connectivity index (χ2v) is 12.0. The largest absolute Gasteiger partial charge is 0.298 e. The van der Waals surface area contributed by atoms with Crippen molar-refractivity contribution in [2.75, 3.05) is 18.5 Å². The summed E-state index contributed by atoms with van der Waals surface area (Å²) >= 11 is 0. The molecule has 0 atom stereocenters. The van der Waals surface area contributed by atoms with Gasteiger partial charge in [0.1, 0.15) is 0 Å². The zero-order chi connectivity index (χ0) is 32.1. The van der Waals surface area contributed by atoms with Crippen molar-refractivity contribution in [2.24, 2.45) is 16.2 Å². The quantitative estimate of drug-likeness (QED) is 0.160. The zero-order valence-electron chi connectivity index (χ0n) is 24.0. The van der Waals surface area contributed by atoms with Crippen LogP contribution in [0.4, 0.5) is 0 Å². The zero-order valence-corrected chi connectivity index (χ0v) is 24.9. The molecule has 0 radical (unpaired) electrons. The Morgan fingerprint density at radius 3 is 0.550 bits per heavy atom. The second-order valence-electron chi connectivity index (χ2n) is 9.67. The first kappa shape index (κ1) is 36.5. The van der Waals surface area contributed by atoms with Gasteiger partial charge in [-0.15, -0.1) is 0 Å². The second kappa shape index (κ2) is 13.2. The third-order valence-electron chi connectivity index (χ3n) is 7.11. The smallest absolute Gasteiger partial charge is 0.202 e. The van der Waals surface area contributed by atoms with Gasteiger partial charge in [-0.25, -0.2) is 0 Å². The molecule has 0 aromatic heterocycles. The van der Waals surface area contributed by atoms with Crippen LogP contribution in [0.5, 0.6) is 0 Å². The molecule has 0 amide bonds. The van der Waals surface area contributed by atoms with Crippen LogP contribution in [0.3, 0.4) is 0 Å². The topological polar surface area (TPSA) is 205 Å². The Morgan fingerprint density at radius 2 is 0.450 bits per heavy atom. The number of hydrogen-bond donors (Lipinski definition) is 0. The summed E-state index contributed by atoms with van der Waals surface area (Å²) in [5.74, 6) is -14.1. The molecule has 0 heterocycles. The molecular formula is C27H33O12P. The summed E-state index contributed by atoms with van der Waals surface area (Å²) in [6, 6.07) is 0. The molecule has 0 rings (SSSR count). The normalized spacial score (nSPS) is 11.8. The van der Waals surface area contributed by atoms with E-state index >= 15 is 0 Å². The molecule has 0 spiro atoms. The minimum absolute atomic E-state index is 0.817. The number of ketones is 12. The Kier molecular flexibility index (Phi) is 12.0. The maximum absolute atomic E-state index is 13.4. The van der Waals surface area contributed by atoms with Gasteiger partial charge in [0, 0.05) is 18.5 Å². The Hall–Kier alpha value is -3.53. The Balaban J connectivity index is 7.22. The fourth-order valence-corrected chi connectivity index (χ4v) is 7.40. The van der Waals surface area contributed by atoms with Gasteiger partial charge in [-0.2, -0.15) is 0 Å². The molecule has 0 N–H and O–H groups in total. The van der Waals surface area contributed by atoms with Crippen LogP contribution in [0.1, 0.15) is 62.3 Å². The van der Waals surface area contributed by atoms with Gasteiger partial charge in [0.25, 0.3) is 0 Å². The van der Waals surface area contributed by atoms with Crippen LogP contribution in [0.25, 0.3) is 0 Å². The highest BCUT2D eigenvalue weighted by molar-refractivity contribution is 7.60. The molecule has 0 saturated carbocycles. The summed E-state index contributed by atoms with van der Waals surface area (Å²) in [4.78, 5) is 152. The van der Waals surface area contributed by atoms with E-state index in [1.807, 2.05) is 0 Å². The molecule has 0 bridgehead atoms. The maximum Gasteiger partial charge on any atom is 0.202 e. The third-order valence-corrected chi connectivity index (χ3v) is 9.31. The molecule has 13 heteroatoms. The van der Waals surface area contributed by atoms with Crippen molar-refractivity contribution in [3.05, 3.63) is 0 Å². The van der Waals surface area contributed by atoms with Crippen LogP contribution in [0.15, 0.2) is 0 Å². The lowest BCUT2D eigenvalue weighted by molar-refractivity contribution is -0.154. The average molecular weight is 581 g/mol. The Morgan fingerprint density at radius 1 is 0.325 bits per heavy atom. The van der Waals surface area contributed by atoms with Gasteiger partial charge >= 0.3 is 0 Å². The van der Waals surface area contributed by atoms with Crippen molar-refractivity contribution in [1.82, 2.24) is 0 Å². The summed E-state index contributed by atoms with van der Waals surface area (Å²) in [5.41, 5.74) is -8.36. The van der Waals surface area contributed by atoms with E-state index in [1.165, 1.54) is 0 Å². The fraction of sp³-hybridized carbons (Fsp3) is 0.556. The number of carbonyl (C=O) groups is 12. The number of carbonyl (C=O) groups excluding carboxylic acids is 12. The van der Waals surface area contributed by atoms with E-state index in [0.29, 0.717) is 0 Å². The summed E-state index contributed by atoms with van der Waals surface area (Å²) in [6.07, 6.45) is -2.92. The predicted molar refractivity (Wildman–Crippen MR) is 140 cm³/mol. The van der Waals surface area contributed by atoms with Crippen molar-refractivity contribution >= 4 is 77.3 Å². The summed E-state index contributed by atoms with van der Waals surface area (Å²) in [5, 5.41) is 0. The van der Waals surface area contributed by atoms with E-state index in [0.717, 1.165) is 62.3 Å². The lowest BCUT2D eigenvalue weighted by Gasteiger charge is -2.31. The van der Waals surface area contributed by atoms with Gasteiger partial charge in [0.15, 0.2) is 69.4 Å². The van der Waals surface area contributed by atoms with Crippen LogP contribution in [-0.4, -0.2) is 87.9 Å². The predicted octanol–water partition coefficient (Wildman–Crippen LogP) is 0.436. The monoisotopic (exact) mass is 580 g/mol. The highest BCUT2D eigenvalue weighted by Gasteiger charge is 2.56. The molecule has 218 valence electrons. The molecule has 0 aromatic rings. The molecule has 0 aliphatic carbocycles. The van der Waals surface area contributed by atoms with Crippen molar-refractivity contribution in [3.63, 3.8) is 0 Å². The van der Waals surface area contributed by atoms with E-state index in [2.05, 4.69) is 0 Å².